The van der Waals surface area contributed by atoms with Crippen molar-refractivity contribution in [3.63, 3.8) is 0 Å². The fourth-order valence-corrected chi connectivity index (χ4v) is 2.96. The molecule has 0 atom stereocenters. The first-order chi connectivity index (χ1) is 10.1. The van der Waals surface area contributed by atoms with Gasteiger partial charge in [0, 0.05) is 13.2 Å². The van der Waals surface area contributed by atoms with Crippen LogP contribution in [0, 0.1) is 11.3 Å². The van der Waals surface area contributed by atoms with E-state index in [1.54, 1.807) is 13.8 Å². The van der Waals surface area contributed by atoms with Crippen LogP contribution in [-0.4, -0.2) is 38.4 Å². The molecule has 0 N–H and O–H groups in total. The molecule has 1 saturated heterocycles. The molecule has 5 nitrogen and oxygen atoms in total. The molecule has 122 valence electrons. The van der Waals surface area contributed by atoms with Crippen LogP contribution >= 0.6 is 0 Å². The van der Waals surface area contributed by atoms with Crippen molar-refractivity contribution in [3.05, 3.63) is 0 Å². The summed E-state index contributed by atoms with van der Waals surface area (Å²) < 4.78 is 15.8. The van der Waals surface area contributed by atoms with Crippen molar-refractivity contribution >= 4 is 11.9 Å². The molecule has 0 aromatic heterocycles. The Labute approximate surface area is 127 Å². The molecular weight excluding hydrogens is 272 g/mol. The molecule has 0 aliphatic carbocycles. The minimum atomic E-state index is -1.15. The second-order valence-corrected chi connectivity index (χ2v) is 5.53. The Morgan fingerprint density at radius 2 is 1.57 bits per heavy atom. The monoisotopic (exact) mass is 300 g/mol. The molecule has 0 amide bonds. The minimum Gasteiger partial charge on any atom is -0.465 e. The highest BCUT2D eigenvalue weighted by Crippen LogP contribution is 2.38. The number of esters is 2. The number of hydrogen-bond donors (Lipinski definition) is 0. The molecule has 1 fully saturated rings. The van der Waals surface area contributed by atoms with Gasteiger partial charge in [-0.15, -0.1) is 0 Å². The maximum absolute atomic E-state index is 12.5. The largest absolute Gasteiger partial charge is 0.465 e. The first-order valence-electron chi connectivity index (χ1n) is 8.02. The van der Waals surface area contributed by atoms with Crippen molar-refractivity contribution in [3.8, 4) is 0 Å². The predicted octanol–water partition coefficient (Wildman–Crippen LogP) is 2.72. The molecule has 21 heavy (non-hydrogen) atoms. The minimum absolute atomic E-state index is 0.275. The number of carbonyl (C=O) groups is 2. The third-order valence-corrected chi connectivity index (χ3v) is 3.99. The van der Waals surface area contributed by atoms with Crippen molar-refractivity contribution in [2.45, 2.75) is 52.9 Å². The lowest BCUT2D eigenvalue weighted by molar-refractivity contribution is -0.175. The van der Waals surface area contributed by atoms with E-state index in [0.29, 0.717) is 32.0 Å². The lowest BCUT2D eigenvalue weighted by Gasteiger charge is -2.33. The topological polar surface area (TPSA) is 61.8 Å². The molecule has 0 unspecified atom stereocenters. The van der Waals surface area contributed by atoms with Crippen molar-refractivity contribution in [1.29, 1.82) is 0 Å². The van der Waals surface area contributed by atoms with E-state index in [-0.39, 0.29) is 13.2 Å². The summed E-state index contributed by atoms with van der Waals surface area (Å²) in [6.07, 6.45) is 3.47. The summed E-state index contributed by atoms with van der Waals surface area (Å²) in [6, 6.07) is 0. The molecule has 0 bridgehead atoms. The maximum Gasteiger partial charge on any atom is 0.323 e. The smallest absolute Gasteiger partial charge is 0.323 e. The van der Waals surface area contributed by atoms with Gasteiger partial charge in [-0.1, -0.05) is 13.3 Å². The summed E-state index contributed by atoms with van der Waals surface area (Å²) >= 11 is 0. The second kappa shape index (κ2) is 9.03. The standard InChI is InChI=1S/C16H28O5/c1-4-9-16(14(17)20-5-2,15(18)21-6-3)12-13-7-10-19-11-8-13/h13H,4-12H2,1-3H3. The molecule has 1 aliphatic rings. The molecule has 0 aromatic carbocycles. The zero-order valence-electron chi connectivity index (χ0n) is 13.5. The van der Waals surface area contributed by atoms with Gasteiger partial charge in [0.15, 0.2) is 5.41 Å². The van der Waals surface area contributed by atoms with Crippen LogP contribution in [0.25, 0.3) is 0 Å². The lowest BCUT2D eigenvalue weighted by atomic mass is 9.73. The van der Waals surface area contributed by atoms with Gasteiger partial charge in [0.05, 0.1) is 13.2 Å². The van der Waals surface area contributed by atoms with E-state index in [9.17, 15) is 9.59 Å². The zero-order chi connectivity index (χ0) is 15.7. The number of rotatable bonds is 8. The van der Waals surface area contributed by atoms with Gasteiger partial charge in [0.25, 0.3) is 0 Å². The second-order valence-electron chi connectivity index (χ2n) is 5.53. The molecule has 1 rings (SSSR count). The van der Waals surface area contributed by atoms with Gasteiger partial charge >= 0.3 is 11.9 Å². The van der Waals surface area contributed by atoms with Gasteiger partial charge in [-0.3, -0.25) is 9.59 Å². The Morgan fingerprint density at radius 1 is 1.05 bits per heavy atom. The third-order valence-electron chi connectivity index (χ3n) is 3.99. The fourth-order valence-electron chi connectivity index (χ4n) is 2.96. The van der Waals surface area contributed by atoms with Crippen LogP contribution in [0.5, 0.6) is 0 Å². The SMILES string of the molecule is CCCC(CC1CCOCC1)(C(=O)OCC)C(=O)OCC. The summed E-state index contributed by atoms with van der Waals surface area (Å²) in [5, 5.41) is 0. The van der Waals surface area contributed by atoms with Gasteiger partial charge in [0.1, 0.15) is 0 Å². The quantitative estimate of drug-likeness (QED) is 0.509. The lowest BCUT2D eigenvalue weighted by Crippen LogP contribution is -2.44. The van der Waals surface area contributed by atoms with Crippen molar-refractivity contribution < 1.29 is 23.8 Å². The van der Waals surface area contributed by atoms with Gasteiger partial charge < -0.3 is 14.2 Å². The van der Waals surface area contributed by atoms with E-state index in [4.69, 9.17) is 14.2 Å². The average molecular weight is 300 g/mol. The van der Waals surface area contributed by atoms with Gasteiger partial charge in [0.2, 0.25) is 0 Å². The summed E-state index contributed by atoms with van der Waals surface area (Å²) in [5.41, 5.74) is -1.15. The van der Waals surface area contributed by atoms with Crippen LogP contribution in [0.2, 0.25) is 0 Å². The highest BCUT2D eigenvalue weighted by molar-refractivity contribution is 6.00. The summed E-state index contributed by atoms with van der Waals surface area (Å²) in [7, 11) is 0. The van der Waals surface area contributed by atoms with Gasteiger partial charge in [-0.2, -0.15) is 0 Å². The fraction of sp³-hybridized carbons (Fsp3) is 0.875. The number of ether oxygens (including phenoxy) is 3. The molecule has 0 radical (unpaired) electrons. The molecule has 0 spiro atoms. The Bertz CT molecular complexity index is 316. The average Bonchev–Trinajstić information content (AvgIpc) is 2.48. The van der Waals surface area contributed by atoms with Crippen LogP contribution in [0.4, 0.5) is 0 Å². The van der Waals surface area contributed by atoms with E-state index in [1.165, 1.54) is 0 Å². The van der Waals surface area contributed by atoms with E-state index in [0.717, 1.165) is 19.3 Å². The molecule has 1 heterocycles. The van der Waals surface area contributed by atoms with Gasteiger partial charge in [-0.05, 0) is 45.4 Å². The van der Waals surface area contributed by atoms with Crippen LogP contribution in [0.3, 0.4) is 0 Å². The first kappa shape index (κ1) is 18.0. The van der Waals surface area contributed by atoms with Crippen LogP contribution in [0.1, 0.15) is 52.9 Å². The molecular formula is C16H28O5. The molecule has 1 aliphatic heterocycles. The third kappa shape index (κ3) is 4.70. The number of carbonyl (C=O) groups excluding carboxylic acids is 2. The maximum atomic E-state index is 12.5. The summed E-state index contributed by atoms with van der Waals surface area (Å²) in [4.78, 5) is 25.0. The highest BCUT2D eigenvalue weighted by Gasteiger charge is 2.49. The first-order valence-corrected chi connectivity index (χ1v) is 8.02. The predicted molar refractivity (Wildman–Crippen MR) is 78.8 cm³/mol. The van der Waals surface area contributed by atoms with Crippen LogP contribution < -0.4 is 0 Å². The summed E-state index contributed by atoms with van der Waals surface area (Å²) in [5.74, 6) is -0.562. The van der Waals surface area contributed by atoms with E-state index < -0.39 is 17.4 Å². The van der Waals surface area contributed by atoms with E-state index in [1.807, 2.05) is 6.92 Å². The molecule has 0 saturated carbocycles. The van der Waals surface area contributed by atoms with Crippen molar-refractivity contribution in [2.75, 3.05) is 26.4 Å². The molecule has 0 aromatic rings. The Hall–Kier alpha value is -1.10. The van der Waals surface area contributed by atoms with E-state index >= 15 is 0 Å². The molecule has 5 heteroatoms. The normalized spacial score (nSPS) is 16.5. The Balaban J connectivity index is 2.96. The van der Waals surface area contributed by atoms with Crippen LogP contribution in [0.15, 0.2) is 0 Å². The number of hydrogen-bond acceptors (Lipinski definition) is 5. The zero-order valence-corrected chi connectivity index (χ0v) is 13.5. The highest BCUT2D eigenvalue weighted by atomic mass is 16.6. The Kier molecular flexibility index (Phi) is 7.72. The van der Waals surface area contributed by atoms with E-state index in [2.05, 4.69) is 0 Å². The summed E-state index contributed by atoms with van der Waals surface area (Å²) in [6.45, 7) is 7.42. The van der Waals surface area contributed by atoms with Crippen molar-refractivity contribution in [2.24, 2.45) is 11.3 Å². The van der Waals surface area contributed by atoms with Crippen LogP contribution in [-0.2, 0) is 23.8 Å². The van der Waals surface area contributed by atoms with Crippen molar-refractivity contribution in [1.82, 2.24) is 0 Å². The van der Waals surface area contributed by atoms with Gasteiger partial charge in [-0.25, -0.2) is 0 Å². The Morgan fingerprint density at radius 3 is 2.00 bits per heavy atom.